The fraction of sp³-hybridized carbons (Fsp3) is 0.733. The number of ether oxygens (including phenoxy) is 1. The summed E-state index contributed by atoms with van der Waals surface area (Å²) in [7, 11) is 0. The van der Waals surface area contributed by atoms with E-state index in [0.717, 1.165) is 61.2 Å². The average molecular weight is 307 g/mol. The van der Waals surface area contributed by atoms with Crippen molar-refractivity contribution < 1.29 is 9.53 Å². The van der Waals surface area contributed by atoms with Gasteiger partial charge in [-0.15, -0.1) is 11.3 Å². The molecule has 5 nitrogen and oxygen atoms in total. The lowest BCUT2D eigenvalue weighted by Crippen LogP contribution is -2.46. The molecule has 6 heteroatoms. The molecule has 1 atom stereocenters. The summed E-state index contributed by atoms with van der Waals surface area (Å²) in [6.07, 6.45) is 4.62. The van der Waals surface area contributed by atoms with E-state index >= 15 is 0 Å². The highest BCUT2D eigenvalue weighted by Gasteiger charge is 2.35. The first-order valence-electron chi connectivity index (χ1n) is 7.95. The third kappa shape index (κ3) is 2.72. The van der Waals surface area contributed by atoms with Gasteiger partial charge in [-0.3, -0.25) is 4.79 Å². The first-order valence-corrected chi connectivity index (χ1v) is 8.77. The van der Waals surface area contributed by atoms with Crippen LogP contribution in [0, 0.1) is 0 Å². The van der Waals surface area contributed by atoms with Gasteiger partial charge in [-0.25, -0.2) is 4.98 Å². The Morgan fingerprint density at radius 3 is 2.76 bits per heavy atom. The number of carbonyl (C=O) groups is 1. The summed E-state index contributed by atoms with van der Waals surface area (Å²) in [6.45, 7) is 4.21. The van der Waals surface area contributed by atoms with E-state index in [-0.39, 0.29) is 12.0 Å². The van der Waals surface area contributed by atoms with Gasteiger partial charge in [0.05, 0.1) is 5.69 Å². The number of aromatic nitrogens is 1. The average Bonchev–Trinajstić information content (AvgIpc) is 3.05. The third-order valence-electron chi connectivity index (χ3n) is 4.44. The summed E-state index contributed by atoms with van der Waals surface area (Å²) < 4.78 is 5.75. The molecule has 0 bridgehead atoms. The van der Waals surface area contributed by atoms with Crippen molar-refractivity contribution in [2.24, 2.45) is 0 Å². The number of nitrogens with zero attached hydrogens (tertiary/aromatic N) is 2. The molecular formula is C15H21N3O2S. The number of thiazole rings is 1. The molecule has 0 aromatic carbocycles. The minimum atomic E-state index is 0.122. The van der Waals surface area contributed by atoms with Crippen molar-refractivity contribution >= 4 is 17.2 Å². The highest BCUT2D eigenvalue weighted by molar-refractivity contribution is 7.13. The second kappa shape index (κ2) is 5.66. The van der Waals surface area contributed by atoms with E-state index in [1.807, 2.05) is 4.90 Å². The Balaban J connectivity index is 1.61. The van der Waals surface area contributed by atoms with E-state index in [1.54, 1.807) is 11.3 Å². The maximum atomic E-state index is 12.8. The van der Waals surface area contributed by atoms with Crippen LogP contribution in [0.4, 0.5) is 0 Å². The zero-order valence-corrected chi connectivity index (χ0v) is 13.0. The van der Waals surface area contributed by atoms with Gasteiger partial charge in [-0.1, -0.05) is 0 Å². The summed E-state index contributed by atoms with van der Waals surface area (Å²) in [4.78, 5) is 20.5. The Morgan fingerprint density at radius 2 is 2.10 bits per heavy atom. The SMILES string of the molecule is O=C(c1sc(C2CCCO2)nc1C1CC1)N1CCNCC1. The smallest absolute Gasteiger partial charge is 0.265 e. The zero-order chi connectivity index (χ0) is 14.2. The van der Waals surface area contributed by atoms with Crippen molar-refractivity contribution in [3.8, 4) is 0 Å². The van der Waals surface area contributed by atoms with Gasteiger partial charge < -0.3 is 15.0 Å². The molecule has 1 N–H and O–H groups in total. The molecule has 0 radical (unpaired) electrons. The van der Waals surface area contributed by atoms with Crippen LogP contribution < -0.4 is 5.32 Å². The molecule has 1 aromatic rings. The predicted octanol–water partition coefficient (Wildman–Crippen LogP) is 1.92. The maximum Gasteiger partial charge on any atom is 0.265 e. The summed E-state index contributed by atoms with van der Waals surface area (Å²) in [5, 5.41) is 4.32. The first-order chi connectivity index (χ1) is 10.3. The molecule has 4 rings (SSSR count). The summed E-state index contributed by atoms with van der Waals surface area (Å²) in [6, 6.07) is 0. The van der Waals surface area contributed by atoms with E-state index in [9.17, 15) is 4.79 Å². The zero-order valence-electron chi connectivity index (χ0n) is 12.1. The van der Waals surface area contributed by atoms with Crippen LogP contribution in [0.15, 0.2) is 0 Å². The number of amides is 1. The minimum absolute atomic E-state index is 0.122. The molecule has 1 unspecified atom stereocenters. The lowest BCUT2D eigenvalue weighted by Gasteiger charge is -2.27. The molecule has 0 spiro atoms. The predicted molar refractivity (Wildman–Crippen MR) is 80.8 cm³/mol. The van der Waals surface area contributed by atoms with Crippen LogP contribution in [0.3, 0.4) is 0 Å². The van der Waals surface area contributed by atoms with Gasteiger partial charge in [-0.2, -0.15) is 0 Å². The second-order valence-electron chi connectivity index (χ2n) is 6.08. The van der Waals surface area contributed by atoms with Gasteiger partial charge in [0.2, 0.25) is 0 Å². The van der Waals surface area contributed by atoms with E-state index < -0.39 is 0 Å². The Labute approximate surface area is 128 Å². The molecule has 2 aliphatic heterocycles. The van der Waals surface area contributed by atoms with Crippen LogP contribution >= 0.6 is 11.3 Å². The first kappa shape index (κ1) is 13.7. The molecule has 3 heterocycles. The van der Waals surface area contributed by atoms with Gasteiger partial charge in [0, 0.05) is 38.7 Å². The Kier molecular flexibility index (Phi) is 3.69. The highest BCUT2D eigenvalue weighted by atomic mass is 32.1. The molecule has 1 saturated carbocycles. The van der Waals surface area contributed by atoms with Gasteiger partial charge in [-0.05, 0) is 25.7 Å². The van der Waals surface area contributed by atoms with Crippen molar-refractivity contribution in [2.75, 3.05) is 32.8 Å². The van der Waals surface area contributed by atoms with Gasteiger partial charge in [0.25, 0.3) is 5.91 Å². The number of carbonyl (C=O) groups excluding carboxylic acids is 1. The molecule has 1 aliphatic carbocycles. The Hall–Kier alpha value is -0.980. The maximum absolute atomic E-state index is 12.8. The van der Waals surface area contributed by atoms with E-state index in [4.69, 9.17) is 9.72 Å². The highest BCUT2D eigenvalue weighted by Crippen LogP contribution is 2.45. The molecule has 1 aromatic heterocycles. The topological polar surface area (TPSA) is 54.5 Å². The molecule has 114 valence electrons. The van der Waals surface area contributed by atoms with Gasteiger partial charge in [0.1, 0.15) is 16.0 Å². The number of nitrogens with one attached hydrogen (secondary N) is 1. The van der Waals surface area contributed by atoms with Crippen LogP contribution in [0.25, 0.3) is 0 Å². The largest absolute Gasteiger partial charge is 0.371 e. The van der Waals surface area contributed by atoms with E-state index in [0.29, 0.717) is 5.92 Å². The molecule has 2 saturated heterocycles. The summed E-state index contributed by atoms with van der Waals surface area (Å²) in [5.41, 5.74) is 1.05. The van der Waals surface area contributed by atoms with Crippen LogP contribution in [-0.4, -0.2) is 48.6 Å². The number of hydrogen-bond donors (Lipinski definition) is 1. The van der Waals surface area contributed by atoms with Crippen molar-refractivity contribution in [1.82, 2.24) is 15.2 Å². The lowest BCUT2D eigenvalue weighted by atomic mass is 10.2. The van der Waals surface area contributed by atoms with Crippen molar-refractivity contribution in [3.05, 3.63) is 15.6 Å². The molecule has 1 amide bonds. The van der Waals surface area contributed by atoms with Crippen LogP contribution in [0.2, 0.25) is 0 Å². The quantitative estimate of drug-likeness (QED) is 0.927. The lowest BCUT2D eigenvalue weighted by molar-refractivity contribution is 0.0739. The number of rotatable bonds is 3. The standard InChI is InChI=1S/C15H21N3O2S/c19-15(18-7-5-16-6-8-18)13-12(10-3-4-10)17-14(21-13)11-2-1-9-20-11/h10-11,16H,1-9H2. The van der Waals surface area contributed by atoms with Crippen molar-refractivity contribution in [2.45, 2.75) is 37.7 Å². The fourth-order valence-electron chi connectivity index (χ4n) is 3.06. The second-order valence-corrected chi connectivity index (χ2v) is 7.12. The Morgan fingerprint density at radius 1 is 1.29 bits per heavy atom. The van der Waals surface area contributed by atoms with Crippen LogP contribution in [0.1, 0.15) is 58.1 Å². The van der Waals surface area contributed by atoms with Crippen LogP contribution in [0.5, 0.6) is 0 Å². The third-order valence-corrected chi connectivity index (χ3v) is 5.59. The molecule has 3 aliphatic rings. The normalized spacial score (nSPS) is 26.3. The fourth-order valence-corrected chi connectivity index (χ4v) is 4.26. The minimum Gasteiger partial charge on any atom is -0.371 e. The monoisotopic (exact) mass is 307 g/mol. The van der Waals surface area contributed by atoms with Crippen molar-refractivity contribution in [1.29, 1.82) is 0 Å². The number of hydrogen-bond acceptors (Lipinski definition) is 5. The van der Waals surface area contributed by atoms with Gasteiger partial charge >= 0.3 is 0 Å². The van der Waals surface area contributed by atoms with E-state index in [1.165, 1.54) is 12.8 Å². The molecule has 3 fully saturated rings. The summed E-state index contributed by atoms with van der Waals surface area (Å²) in [5.74, 6) is 0.693. The number of piperazine rings is 1. The summed E-state index contributed by atoms with van der Waals surface area (Å²) >= 11 is 1.58. The Bertz CT molecular complexity index is 529. The van der Waals surface area contributed by atoms with Crippen molar-refractivity contribution in [3.63, 3.8) is 0 Å². The van der Waals surface area contributed by atoms with E-state index in [2.05, 4.69) is 5.32 Å². The van der Waals surface area contributed by atoms with Gasteiger partial charge in [0.15, 0.2) is 0 Å². The van der Waals surface area contributed by atoms with Crippen LogP contribution in [-0.2, 0) is 4.74 Å². The molecule has 21 heavy (non-hydrogen) atoms. The molecular weight excluding hydrogens is 286 g/mol.